The number of benzene rings is 1. The van der Waals surface area contributed by atoms with Gasteiger partial charge in [-0.1, -0.05) is 12.1 Å². The van der Waals surface area contributed by atoms with Crippen molar-refractivity contribution in [1.29, 1.82) is 0 Å². The summed E-state index contributed by atoms with van der Waals surface area (Å²) in [5.41, 5.74) is 3.58. The van der Waals surface area contributed by atoms with Crippen molar-refractivity contribution in [2.24, 2.45) is 0 Å². The van der Waals surface area contributed by atoms with Crippen molar-refractivity contribution >= 4 is 0 Å². The second-order valence-electron chi connectivity index (χ2n) is 5.96. The molecule has 5 nitrogen and oxygen atoms in total. The largest absolute Gasteiger partial charge is 0.490 e. The number of hydrogen-bond donors (Lipinski definition) is 0. The van der Waals surface area contributed by atoms with Gasteiger partial charge in [-0.05, 0) is 26.8 Å². The Morgan fingerprint density at radius 3 is 2.79 bits per heavy atom. The lowest BCUT2D eigenvalue weighted by Gasteiger charge is -2.28. The van der Waals surface area contributed by atoms with Crippen LogP contribution in [0.15, 0.2) is 24.4 Å². The molecule has 0 saturated heterocycles. The summed E-state index contributed by atoms with van der Waals surface area (Å²) in [6.07, 6.45) is 2.93. The first-order valence-electron chi connectivity index (χ1n) is 8.62. The van der Waals surface area contributed by atoms with Crippen LogP contribution in [0, 0.1) is 6.92 Å². The molecule has 1 aliphatic rings. The molecular formula is C19H25N3O2. The van der Waals surface area contributed by atoms with Crippen LogP contribution in [0.1, 0.15) is 36.5 Å². The SMILES string of the molecule is CCOc1cccc(CN2CCc3nc(C)ncc3C2)c1OCC. The van der Waals surface area contributed by atoms with Crippen molar-refractivity contribution < 1.29 is 9.47 Å². The normalized spacial score (nSPS) is 14.3. The number of fused-ring (bicyclic) bond motifs is 1. The van der Waals surface area contributed by atoms with Crippen LogP contribution in [0.25, 0.3) is 0 Å². The fourth-order valence-electron chi connectivity index (χ4n) is 3.11. The summed E-state index contributed by atoms with van der Waals surface area (Å²) in [6.45, 7) is 9.91. The highest BCUT2D eigenvalue weighted by atomic mass is 16.5. The van der Waals surface area contributed by atoms with Crippen LogP contribution in [0.4, 0.5) is 0 Å². The Labute approximate surface area is 143 Å². The highest BCUT2D eigenvalue weighted by Gasteiger charge is 2.20. The van der Waals surface area contributed by atoms with Gasteiger partial charge in [-0.2, -0.15) is 0 Å². The molecule has 0 N–H and O–H groups in total. The lowest BCUT2D eigenvalue weighted by molar-refractivity contribution is 0.232. The van der Waals surface area contributed by atoms with Crippen molar-refractivity contribution in [3.63, 3.8) is 0 Å². The average molecular weight is 327 g/mol. The molecule has 3 rings (SSSR count). The Kier molecular flexibility index (Phi) is 5.30. The highest BCUT2D eigenvalue weighted by molar-refractivity contribution is 5.46. The number of aryl methyl sites for hydroxylation is 1. The van der Waals surface area contributed by atoms with Crippen molar-refractivity contribution in [3.05, 3.63) is 47.0 Å². The van der Waals surface area contributed by atoms with Gasteiger partial charge in [-0.3, -0.25) is 4.90 Å². The van der Waals surface area contributed by atoms with Crippen LogP contribution in [0.2, 0.25) is 0 Å². The second kappa shape index (κ2) is 7.62. The van der Waals surface area contributed by atoms with Gasteiger partial charge in [0.2, 0.25) is 0 Å². The Bertz CT molecular complexity index is 703. The number of para-hydroxylation sites is 1. The van der Waals surface area contributed by atoms with Gasteiger partial charge in [0.1, 0.15) is 5.82 Å². The van der Waals surface area contributed by atoms with E-state index in [0.29, 0.717) is 13.2 Å². The van der Waals surface area contributed by atoms with Crippen molar-refractivity contribution in [2.75, 3.05) is 19.8 Å². The molecule has 2 heterocycles. The summed E-state index contributed by atoms with van der Waals surface area (Å²) in [5.74, 6) is 2.55. The molecule has 128 valence electrons. The first-order chi connectivity index (χ1) is 11.7. The third-order valence-electron chi connectivity index (χ3n) is 4.18. The minimum atomic E-state index is 0.632. The number of nitrogens with zero attached hydrogens (tertiary/aromatic N) is 3. The zero-order chi connectivity index (χ0) is 16.9. The van der Waals surface area contributed by atoms with Crippen LogP contribution in [-0.4, -0.2) is 34.6 Å². The van der Waals surface area contributed by atoms with E-state index in [1.54, 1.807) is 0 Å². The van der Waals surface area contributed by atoms with Gasteiger partial charge in [0.15, 0.2) is 11.5 Å². The van der Waals surface area contributed by atoms with Crippen LogP contribution in [0.5, 0.6) is 11.5 Å². The Hall–Kier alpha value is -2.14. The quantitative estimate of drug-likeness (QED) is 0.816. The van der Waals surface area contributed by atoms with Crippen LogP contribution < -0.4 is 9.47 Å². The molecule has 2 aromatic rings. The minimum absolute atomic E-state index is 0.632. The monoisotopic (exact) mass is 327 g/mol. The molecule has 5 heteroatoms. The molecule has 0 aliphatic carbocycles. The molecule has 0 saturated carbocycles. The lowest BCUT2D eigenvalue weighted by atomic mass is 10.1. The zero-order valence-corrected chi connectivity index (χ0v) is 14.7. The smallest absolute Gasteiger partial charge is 0.165 e. The van der Waals surface area contributed by atoms with Gasteiger partial charge in [0.25, 0.3) is 0 Å². The molecule has 0 fully saturated rings. The fourth-order valence-corrected chi connectivity index (χ4v) is 3.11. The summed E-state index contributed by atoms with van der Waals surface area (Å²) < 4.78 is 11.6. The predicted molar refractivity (Wildman–Crippen MR) is 93.4 cm³/mol. The Morgan fingerprint density at radius 2 is 2.00 bits per heavy atom. The summed E-state index contributed by atoms with van der Waals surface area (Å²) in [7, 11) is 0. The van der Waals surface area contributed by atoms with Crippen molar-refractivity contribution in [2.45, 2.75) is 40.3 Å². The first kappa shape index (κ1) is 16.7. The highest BCUT2D eigenvalue weighted by Crippen LogP contribution is 2.33. The molecule has 1 aliphatic heterocycles. The summed E-state index contributed by atoms with van der Waals surface area (Å²) >= 11 is 0. The maximum atomic E-state index is 5.87. The van der Waals surface area contributed by atoms with Gasteiger partial charge < -0.3 is 9.47 Å². The van der Waals surface area contributed by atoms with Crippen LogP contribution in [-0.2, 0) is 19.5 Å². The Balaban J connectivity index is 1.79. The number of aromatic nitrogens is 2. The van der Waals surface area contributed by atoms with Crippen LogP contribution >= 0.6 is 0 Å². The van der Waals surface area contributed by atoms with Gasteiger partial charge >= 0.3 is 0 Å². The summed E-state index contributed by atoms with van der Waals surface area (Å²) in [4.78, 5) is 11.3. The van der Waals surface area contributed by atoms with Gasteiger partial charge in [-0.25, -0.2) is 9.97 Å². The van der Waals surface area contributed by atoms with E-state index in [1.807, 2.05) is 39.1 Å². The lowest BCUT2D eigenvalue weighted by Crippen LogP contribution is -2.31. The van der Waals surface area contributed by atoms with E-state index in [-0.39, 0.29) is 0 Å². The summed E-state index contributed by atoms with van der Waals surface area (Å²) in [5, 5.41) is 0. The molecule has 0 radical (unpaired) electrons. The molecule has 0 amide bonds. The zero-order valence-electron chi connectivity index (χ0n) is 14.7. The van der Waals surface area contributed by atoms with E-state index >= 15 is 0 Å². The topological polar surface area (TPSA) is 47.5 Å². The molecule has 0 spiro atoms. The van der Waals surface area contributed by atoms with E-state index in [0.717, 1.165) is 43.4 Å². The predicted octanol–water partition coefficient (Wildman–Crippen LogP) is 3.14. The summed E-state index contributed by atoms with van der Waals surface area (Å²) in [6, 6.07) is 6.13. The average Bonchev–Trinajstić information content (AvgIpc) is 2.58. The molecular weight excluding hydrogens is 302 g/mol. The van der Waals surface area contributed by atoms with Crippen LogP contribution in [0.3, 0.4) is 0 Å². The van der Waals surface area contributed by atoms with Gasteiger partial charge in [0.05, 0.1) is 13.2 Å². The van der Waals surface area contributed by atoms with Gasteiger partial charge in [-0.15, -0.1) is 0 Å². The maximum absolute atomic E-state index is 5.87. The van der Waals surface area contributed by atoms with Crippen molar-refractivity contribution in [3.8, 4) is 11.5 Å². The van der Waals surface area contributed by atoms with Gasteiger partial charge in [0, 0.05) is 49.1 Å². The first-order valence-corrected chi connectivity index (χ1v) is 8.62. The molecule has 1 aromatic heterocycles. The third kappa shape index (κ3) is 3.67. The second-order valence-corrected chi connectivity index (χ2v) is 5.96. The maximum Gasteiger partial charge on any atom is 0.165 e. The minimum Gasteiger partial charge on any atom is -0.490 e. The third-order valence-corrected chi connectivity index (χ3v) is 4.18. The van der Waals surface area contributed by atoms with E-state index in [1.165, 1.54) is 16.8 Å². The van der Waals surface area contributed by atoms with E-state index in [2.05, 4.69) is 20.9 Å². The Morgan fingerprint density at radius 1 is 1.17 bits per heavy atom. The molecule has 0 atom stereocenters. The van der Waals surface area contributed by atoms with E-state index in [9.17, 15) is 0 Å². The number of rotatable bonds is 6. The van der Waals surface area contributed by atoms with E-state index < -0.39 is 0 Å². The standard InChI is InChI=1S/C19H25N3O2/c1-4-23-18-8-6-7-15(19(18)24-5-2)12-22-10-9-17-16(13-22)11-20-14(3)21-17/h6-8,11H,4-5,9-10,12-13H2,1-3H3. The molecule has 1 aromatic carbocycles. The molecule has 0 unspecified atom stereocenters. The number of ether oxygens (including phenoxy) is 2. The molecule has 24 heavy (non-hydrogen) atoms. The number of hydrogen-bond acceptors (Lipinski definition) is 5. The fraction of sp³-hybridized carbons (Fsp3) is 0.474. The van der Waals surface area contributed by atoms with E-state index in [4.69, 9.17) is 9.47 Å². The van der Waals surface area contributed by atoms with Crippen molar-refractivity contribution in [1.82, 2.24) is 14.9 Å². The molecule has 0 bridgehead atoms.